The summed E-state index contributed by atoms with van der Waals surface area (Å²) < 4.78 is 1.82. The molecule has 0 atom stereocenters. The third-order valence-corrected chi connectivity index (χ3v) is 5.62. The van der Waals surface area contributed by atoms with Gasteiger partial charge in [0.15, 0.2) is 0 Å². The van der Waals surface area contributed by atoms with Gasteiger partial charge in [-0.1, -0.05) is 24.3 Å². The molecule has 1 aromatic carbocycles. The Morgan fingerprint density at radius 3 is 2.79 bits per heavy atom. The Hall–Kier alpha value is -3.10. The molecule has 0 saturated carbocycles. The maximum absolute atomic E-state index is 12.1. The van der Waals surface area contributed by atoms with Gasteiger partial charge in [-0.15, -0.1) is 22.7 Å². The summed E-state index contributed by atoms with van der Waals surface area (Å²) in [6.45, 7) is 1.92. The van der Waals surface area contributed by atoms with Crippen molar-refractivity contribution in [1.82, 2.24) is 20.2 Å². The van der Waals surface area contributed by atoms with E-state index in [0.717, 1.165) is 32.5 Å². The third-order valence-electron chi connectivity index (χ3n) is 3.92. The normalized spacial score (nSPS) is 11.2. The topological polar surface area (TPSA) is 72.2 Å². The fourth-order valence-electron chi connectivity index (χ4n) is 2.67. The van der Waals surface area contributed by atoms with Crippen LogP contribution in [-0.2, 0) is 11.2 Å². The zero-order chi connectivity index (χ0) is 19.3. The minimum Gasteiger partial charge on any atom is -0.273 e. The summed E-state index contributed by atoms with van der Waals surface area (Å²) in [5, 5.41) is 13.7. The van der Waals surface area contributed by atoms with E-state index in [2.05, 4.69) is 15.5 Å². The molecule has 0 spiro atoms. The average Bonchev–Trinajstić information content (AvgIpc) is 3.43. The van der Waals surface area contributed by atoms with Crippen LogP contribution in [0.2, 0.25) is 0 Å². The first-order valence-electron chi connectivity index (χ1n) is 8.61. The smallest absolute Gasteiger partial charge is 0.246 e. The zero-order valence-corrected chi connectivity index (χ0v) is 16.7. The van der Waals surface area contributed by atoms with Gasteiger partial charge in [-0.3, -0.25) is 4.79 Å². The molecule has 0 saturated heterocycles. The molecular weight excluding hydrogens is 390 g/mol. The third kappa shape index (κ3) is 4.24. The van der Waals surface area contributed by atoms with Crippen LogP contribution in [-0.4, -0.2) is 26.9 Å². The van der Waals surface area contributed by atoms with Gasteiger partial charge in [0.25, 0.3) is 0 Å². The first-order valence-corrected chi connectivity index (χ1v) is 10.4. The molecule has 0 fully saturated rings. The van der Waals surface area contributed by atoms with Gasteiger partial charge in [0.1, 0.15) is 5.69 Å². The van der Waals surface area contributed by atoms with Gasteiger partial charge in [-0.05, 0) is 30.5 Å². The second-order valence-electron chi connectivity index (χ2n) is 6.02. The Kier molecular flexibility index (Phi) is 5.41. The lowest BCUT2D eigenvalue weighted by Gasteiger charge is -1.98. The number of carbonyl (C=O) groups is 1. The number of aryl methyl sites for hydroxylation is 1. The van der Waals surface area contributed by atoms with E-state index in [1.165, 1.54) is 11.3 Å². The van der Waals surface area contributed by atoms with Crippen molar-refractivity contribution in [2.24, 2.45) is 5.10 Å². The fraction of sp³-hybridized carbons (Fsp3) is 0.100. The number of hydrazone groups is 1. The van der Waals surface area contributed by atoms with Gasteiger partial charge in [0, 0.05) is 17.1 Å². The van der Waals surface area contributed by atoms with Crippen LogP contribution in [0.1, 0.15) is 16.3 Å². The van der Waals surface area contributed by atoms with Gasteiger partial charge >= 0.3 is 0 Å². The fourth-order valence-corrected chi connectivity index (χ4v) is 4.01. The monoisotopic (exact) mass is 407 g/mol. The summed E-state index contributed by atoms with van der Waals surface area (Å²) in [6.07, 6.45) is 3.75. The minimum atomic E-state index is -0.199. The van der Waals surface area contributed by atoms with E-state index >= 15 is 0 Å². The van der Waals surface area contributed by atoms with Crippen LogP contribution in [0.5, 0.6) is 0 Å². The number of amides is 1. The lowest BCUT2D eigenvalue weighted by Crippen LogP contribution is -2.19. The van der Waals surface area contributed by atoms with Crippen LogP contribution in [0, 0.1) is 6.92 Å². The highest BCUT2D eigenvalue weighted by atomic mass is 32.1. The summed E-state index contributed by atoms with van der Waals surface area (Å²) in [4.78, 5) is 17.4. The van der Waals surface area contributed by atoms with Crippen molar-refractivity contribution >= 4 is 34.8 Å². The number of hydrogen-bond donors (Lipinski definition) is 1. The number of nitrogens with zero attached hydrogens (tertiary/aromatic N) is 4. The molecule has 0 aliphatic carbocycles. The number of aromatic nitrogens is 3. The highest BCUT2D eigenvalue weighted by Crippen LogP contribution is 2.26. The van der Waals surface area contributed by atoms with Gasteiger partial charge in [-0.25, -0.2) is 15.1 Å². The first kappa shape index (κ1) is 18.3. The van der Waals surface area contributed by atoms with Crippen LogP contribution < -0.4 is 5.43 Å². The highest BCUT2D eigenvalue weighted by molar-refractivity contribution is 7.13. The van der Waals surface area contributed by atoms with E-state index in [4.69, 9.17) is 5.10 Å². The molecule has 0 unspecified atom stereocenters. The zero-order valence-electron chi connectivity index (χ0n) is 15.1. The summed E-state index contributed by atoms with van der Waals surface area (Å²) in [7, 11) is 0. The Morgan fingerprint density at radius 2 is 2.07 bits per heavy atom. The summed E-state index contributed by atoms with van der Waals surface area (Å²) in [5.41, 5.74) is 5.94. The Labute approximate surface area is 170 Å². The number of benzene rings is 1. The predicted octanol–water partition coefficient (Wildman–Crippen LogP) is 4.06. The van der Waals surface area contributed by atoms with E-state index in [-0.39, 0.29) is 12.3 Å². The molecule has 1 amide bonds. The molecule has 28 heavy (non-hydrogen) atoms. The number of rotatable bonds is 6. The van der Waals surface area contributed by atoms with Crippen LogP contribution in [0.3, 0.4) is 0 Å². The first-order chi connectivity index (χ1) is 13.7. The number of thiazole rings is 1. The molecular formula is C20H17N5OS2. The van der Waals surface area contributed by atoms with Crippen molar-refractivity contribution < 1.29 is 4.79 Å². The molecule has 140 valence electrons. The second-order valence-corrected chi connectivity index (χ2v) is 8.03. The molecule has 0 aliphatic heterocycles. The molecule has 3 heterocycles. The van der Waals surface area contributed by atoms with Gasteiger partial charge in [-0.2, -0.15) is 10.2 Å². The molecule has 0 aliphatic rings. The van der Waals surface area contributed by atoms with Crippen molar-refractivity contribution in [3.8, 4) is 16.3 Å². The highest BCUT2D eigenvalue weighted by Gasteiger charge is 2.12. The van der Waals surface area contributed by atoms with Gasteiger partial charge in [0.2, 0.25) is 5.91 Å². The number of para-hydroxylation sites is 1. The summed E-state index contributed by atoms with van der Waals surface area (Å²) >= 11 is 3.14. The summed E-state index contributed by atoms with van der Waals surface area (Å²) in [5.74, 6) is -0.199. The number of thiophene rings is 1. The van der Waals surface area contributed by atoms with Crippen LogP contribution in [0.25, 0.3) is 16.3 Å². The second kappa shape index (κ2) is 8.28. The quantitative estimate of drug-likeness (QED) is 0.387. The Morgan fingerprint density at radius 1 is 1.21 bits per heavy atom. The SMILES string of the molecule is Cc1nc(CC(=O)N/N=C\c2cn(-c3ccccc3)nc2-c2cccs2)cs1. The Bertz CT molecular complexity index is 1100. The molecule has 4 rings (SSSR count). The molecule has 1 N–H and O–H groups in total. The summed E-state index contributed by atoms with van der Waals surface area (Å²) in [6, 6.07) is 13.9. The molecule has 6 nitrogen and oxygen atoms in total. The molecule has 0 bridgehead atoms. The van der Waals surface area contributed by atoms with E-state index < -0.39 is 0 Å². The molecule has 0 radical (unpaired) electrons. The van der Waals surface area contributed by atoms with Crippen LogP contribution in [0.15, 0.2) is 64.5 Å². The number of nitrogens with one attached hydrogen (secondary N) is 1. The van der Waals surface area contributed by atoms with Crippen molar-refractivity contribution in [3.05, 3.63) is 75.7 Å². The number of carbonyl (C=O) groups excluding carboxylic acids is 1. The minimum absolute atomic E-state index is 0.199. The van der Waals surface area contributed by atoms with Crippen molar-refractivity contribution in [2.75, 3.05) is 0 Å². The predicted molar refractivity (Wildman–Crippen MR) is 113 cm³/mol. The van der Waals surface area contributed by atoms with Crippen molar-refractivity contribution in [3.63, 3.8) is 0 Å². The van der Waals surface area contributed by atoms with E-state index in [0.29, 0.717) is 0 Å². The largest absolute Gasteiger partial charge is 0.273 e. The van der Waals surface area contributed by atoms with Crippen molar-refractivity contribution in [2.45, 2.75) is 13.3 Å². The average molecular weight is 408 g/mol. The lowest BCUT2D eigenvalue weighted by molar-refractivity contribution is -0.120. The molecule has 8 heteroatoms. The molecule has 4 aromatic rings. The van der Waals surface area contributed by atoms with Crippen LogP contribution >= 0.6 is 22.7 Å². The standard InChI is InChI=1S/C20H17N5OS2/c1-14-22-16(13-28-14)10-19(26)23-21-11-15-12-25(17-6-3-2-4-7-17)24-20(15)18-8-5-9-27-18/h2-9,11-13H,10H2,1H3,(H,23,26)/b21-11-. The van der Waals surface area contributed by atoms with Gasteiger partial charge in [0.05, 0.1) is 33.9 Å². The molecule has 3 aromatic heterocycles. The lowest BCUT2D eigenvalue weighted by atomic mass is 10.2. The number of hydrogen-bond acceptors (Lipinski definition) is 6. The van der Waals surface area contributed by atoms with E-state index in [9.17, 15) is 4.79 Å². The maximum Gasteiger partial charge on any atom is 0.246 e. The van der Waals surface area contributed by atoms with Crippen LogP contribution in [0.4, 0.5) is 0 Å². The maximum atomic E-state index is 12.1. The van der Waals surface area contributed by atoms with Gasteiger partial charge < -0.3 is 0 Å². The van der Waals surface area contributed by atoms with Crippen molar-refractivity contribution in [1.29, 1.82) is 0 Å². The van der Waals surface area contributed by atoms with E-state index in [1.54, 1.807) is 17.6 Å². The van der Waals surface area contributed by atoms with E-state index in [1.807, 2.05) is 71.0 Å². The Balaban J connectivity index is 1.53.